The van der Waals surface area contributed by atoms with Crippen molar-refractivity contribution in [1.29, 1.82) is 0 Å². The molecular weight excluding hydrogens is 331 g/mol. The lowest BCUT2D eigenvalue weighted by atomic mass is 9.98. The maximum Gasteiger partial charge on any atom is 0.416 e. The number of benzene rings is 1. The molecule has 1 saturated heterocycles. The van der Waals surface area contributed by atoms with Crippen molar-refractivity contribution in [3.05, 3.63) is 54.1 Å². The molecule has 2 aromatic rings. The molecule has 0 saturated carbocycles. The first-order valence-electron chi connectivity index (χ1n) is 8.39. The number of alkyl halides is 3. The molecule has 1 atom stereocenters. The van der Waals surface area contributed by atoms with Crippen LogP contribution in [0.1, 0.15) is 41.6 Å². The molecule has 0 unspecified atom stereocenters. The SMILES string of the molecule is O=C(c1ccc(C(F)(F)F)cc1)N1CCCC[C@H]1CCn1ccnc1. The standard InChI is InChI=1S/C18H20F3N3O/c19-18(20,21)15-6-4-14(5-7-15)17(25)24-10-2-1-3-16(24)8-11-23-12-9-22-13-23/h4-7,9,12-13,16H,1-3,8,10-11H2/t16-/m0/s1. The van der Waals surface area contributed by atoms with Gasteiger partial charge in [-0.1, -0.05) is 0 Å². The number of aryl methyl sites for hydroxylation is 1. The fraction of sp³-hybridized carbons (Fsp3) is 0.444. The number of hydrogen-bond acceptors (Lipinski definition) is 2. The first kappa shape index (κ1) is 17.5. The van der Waals surface area contributed by atoms with E-state index < -0.39 is 11.7 Å². The van der Waals surface area contributed by atoms with Gasteiger partial charge in [0.05, 0.1) is 11.9 Å². The predicted molar refractivity (Wildman–Crippen MR) is 87.0 cm³/mol. The number of amides is 1. The van der Waals surface area contributed by atoms with E-state index in [1.54, 1.807) is 12.5 Å². The Morgan fingerprint density at radius 2 is 1.96 bits per heavy atom. The highest BCUT2D eigenvalue weighted by Gasteiger charge is 2.31. The van der Waals surface area contributed by atoms with Crippen LogP contribution in [0.25, 0.3) is 0 Å². The van der Waals surface area contributed by atoms with E-state index in [1.165, 1.54) is 12.1 Å². The number of carbonyl (C=O) groups excluding carboxylic acids is 1. The zero-order valence-corrected chi connectivity index (χ0v) is 13.7. The number of imidazole rings is 1. The molecule has 1 amide bonds. The second kappa shape index (κ2) is 7.29. The number of rotatable bonds is 4. The molecular formula is C18H20F3N3O. The van der Waals surface area contributed by atoms with E-state index in [1.807, 2.05) is 15.7 Å². The summed E-state index contributed by atoms with van der Waals surface area (Å²) in [6.07, 6.45) is 4.66. The van der Waals surface area contributed by atoms with Gasteiger partial charge in [0.15, 0.2) is 0 Å². The van der Waals surface area contributed by atoms with Crippen LogP contribution in [0, 0.1) is 0 Å². The Bertz CT molecular complexity index is 695. The van der Waals surface area contributed by atoms with E-state index in [0.29, 0.717) is 12.1 Å². The Hall–Kier alpha value is -2.31. The van der Waals surface area contributed by atoms with Crippen LogP contribution in [0.5, 0.6) is 0 Å². The third kappa shape index (κ3) is 4.21. The van der Waals surface area contributed by atoms with Gasteiger partial charge in [0, 0.05) is 37.1 Å². The van der Waals surface area contributed by atoms with E-state index in [2.05, 4.69) is 4.98 Å². The van der Waals surface area contributed by atoms with Gasteiger partial charge in [-0.05, 0) is 49.9 Å². The normalized spacial score (nSPS) is 18.4. The predicted octanol–water partition coefficient (Wildman–Crippen LogP) is 3.99. The molecule has 25 heavy (non-hydrogen) atoms. The third-order valence-electron chi connectivity index (χ3n) is 4.63. The number of halogens is 3. The second-order valence-corrected chi connectivity index (χ2v) is 6.31. The lowest BCUT2D eigenvalue weighted by molar-refractivity contribution is -0.137. The molecule has 0 aliphatic carbocycles. The summed E-state index contributed by atoms with van der Waals surface area (Å²) in [6, 6.07) is 4.58. The summed E-state index contributed by atoms with van der Waals surface area (Å²) >= 11 is 0. The van der Waals surface area contributed by atoms with Gasteiger partial charge < -0.3 is 9.47 Å². The summed E-state index contributed by atoms with van der Waals surface area (Å²) in [5, 5.41) is 0. The number of carbonyl (C=O) groups is 1. The Morgan fingerprint density at radius 3 is 2.60 bits per heavy atom. The van der Waals surface area contributed by atoms with E-state index in [4.69, 9.17) is 0 Å². The molecule has 0 bridgehead atoms. The highest BCUT2D eigenvalue weighted by Crippen LogP contribution is 2.30. The van der Waals surface area contributed by atoms with Crippen LogP contribution >= 0.6 is 0 Å². The van der Waals surface area contributed by atoms with Crippen molar-refractivity contribution >= 4 is 5.91 Å². The zero-order valence-electron chi connectivity index (χ0n) is 13.7. The van der Waals surface area contributed by atoms with Crippen molar-refractivity contribution in [1.82, 2.24) is 14.5 Å². The molecule has 1 aliphatic rings. The number of nitrogens with zero attached hydrogens (tertiary/aromatic N) is 3. The number of aromatic nitrogens is 2. The summed E-state index contributed by atoms with van der Waals surface area (Å²) < 4.78 is 40.0. The fourth-order valence-corrected chi connectivity index (χ4v) is 3.25. The zero-order chi connectivity index (χ0) is 17.9. The van der Waals surface area contributed by atoms with E-state index >= 15 is 0 Å². The van der Waals surface area contributed by atoms with Gasteiger partial charge >= 0.3 is 6.18 Å². The molecule has 7 heteroatoms. The monoisotopic (exact) mass is 351 g/mol. The average molecular weight is 351 g/mol. The molecule has 0 N–H and O–H groups in total. The molecule has 134 valence electrons. The van der Waals surface area contributed by atoms with Gasteiger partial charge in [0.2, 0.25) is 0 Å². The van der Waals surface area contributed by atoms with Gasteiger partial charge in [-0.2, -0.15) is 13.2 Å². The van der Waals surface area contributed by atoms with Gasteiger partial charge in [-0.25, -0.2) is 4.98 Å². The maximum atomic E-state index is 12.8. The van der Waals surface area contributed by atoms with E-state index in [0.717, 1.165) is 44.4 Å². The van der Waals surface area contributed by atoms with Crippen molar-refractivity contribution in [3.8, 4) is 0 Å². The third-order valence-corrected chi connectivity index (χ3v) is 4.63. The van der Waals surface area contributed by atoms with Crippen LogP contribution in [-0.4, -0.2) is 32.9 Å². The number of piperidine rings is 1. The second-order valence-electron chi connectivity index (χ2n) is 6.31. The molecule has 1 fully saturated rings. The van der Waals surface area contributed by atoms with Gasteiger partial charge in [0.25, 0.3) is 5.91 Å². The quantitative estimate of drug-likeness (QED) is 0.835. The molecule has 1 aromatic heterocycles. The van der Waals surface area contributed by atoms with Gasteiger partial charge in [-0.3, -0.25) is 4.79 Å². The van der Waals surface area contributed by atoms with Crippen molar-refractivity contribution < 1.29 is 18.0 Å². The van der Waals surface area contributed by atoms with Crippen molar-refractivity contribution in [2.75, 3.05) is 6.54 Å². The Labute approximate surface area is 144 Å². The van der Waals surface area contributed by atoms with Crippen LogP contribution in [-0.2, 0) is 12.7 Å². The Kier molecular flexibility index (Phi) is 5.11. The van der Waals surface area contributed by atoms with Crippen LogP contribution in [0.4, 0.5) is 13.2 Å². The first-order chi connectivity index (χ1) is 11.9. The smallest absolute Gasteiger partial charge is 0.337 e. The maximum absolute atomic E-state index is 12.8. The topological polar surface area (TPSA) is 38.1 Å². The molecule has 2 heterocycles. The lowest BCUT2D eigenvalue weighted by Gasteiger charge is -2.36. The van der Waals surface area contributed by atoms with E-state index in [9.17, 15) is 18.0 Å². The highest BCUT2D eigenvalue weighted by molar-refractivity contribution is 5.94. The molecule has 1 aromatic carbocycles. The van der Waals surface area contributed by atoms with E-state index in [-0.39, 0.29) is 11.9 Å². The summed E-state index contributed by atoms with van der Waals surface area (Å²) in [7, 11) is 0. The average Bonchev–Trinajstić information content (AvgIpc) is 3.12. The summed E-state index contributed by atoms with van der Waals surface area (Å²) in [5.41, 5.74) is -0.429. The van der Waals surface area contributed by atoms with Crippen LogP contribution in [0.3, 0.4) is 0 Å². The van der Waals surface area contributed by atoms with Crippen molar-refractivity contribution in [2.45, 2.75) is 44.4 Å². The lowest BCUT2D eigenvalue weighted by Crippen LogP contribution is -2.44. The van der Waals surface area contributed by atoms with Crippen LogP contribution in [0.15, 0.2) is 43.0 Å². The van der Waals surface area contributed by atoms with Crippen molar-refractivity contribution in [3.63, 3.8) is 0 Å². The summed E-state index contributed by atoms with van der Waals surface area (Å²) in [6.45, 7) is 1.41. The fourth-order valence-electron chi connectivity index (χ4n) is 3.25. The number of hydrogen-bond donors (Lipinski definition) is 0. The minimum Gasteiger partial charge on any atom is -0.337 e. The largest absolute Gasteiger partial charge is 0.416 e. The molecule has 4 nitrogen and oxygen atoms in total. The van der Waals surface area contributed by atoms with Crippen LogP contribution in [0.2, 0.25) is 0 Å². The van der Waals surface area contributed by atoms with Crippen molar-refractivity contribution in [2.24, 2.45) is 0 Å². The Balaban J connectivity index is 1.69. The van der Waals surface area contributed by atoms with Gasteiger partial charge in [0.1, 0.15) is 0 Å². The summed E-state index contributed by atoms with van der Waals surface area (Å²) in [4.78, 5) is 18.6. The minimum absolute atomic E-state index is 0.103. The minimum atomic E-state index is -4.39. The summed E-state index contributed by atoms with van der Waals surface area (Å²) in [5.74, 6) is -0.191. The molecule has 1 aliphatic heterocycles. The highest BCUT2D eigenvalue weighted by atomic mass is 19.4. The molecule has 0 radical (unpaired) electrons. The molecule has 0 spiro atoms. The molecule has 3 rings (SSSR count). The first-order valence-corrected chi connectivity index (χ1v) is 8.39. The van der Waals surface area contributed by atoms with Gasteiger partial charge in [-0.15, -0.1) is 0 Å². The number of likely N-dealkylation sites (tertiary alicyclic amines) is 1. The Morgan fingerprint density at radius 1 is 1.20 bits per heavy atom. The van der Waals surface area contributed by atoms with Crippen LogP contribution < -0.4 is 0 Å².